The van der Waals surface area contributed by atoms with Gasteiger partial charge in [0.15, 0.2) is 0 Å². The van der Waals surface area contributed by atoms with Crippen LogP contribution in [-0.2, 0) is 9.59 Å². The highest BCUT2D eigenvalue weighted by Gasteiger charge is 2.23. The normalized spacial score (nSPS) is 14.9. The Morgan fingerprint density at radius 2 is 2.29 bits per heavy atom. The molecule has 1 heterocycles. The van der Waals surface area contributed by atoms with Gasteiger partial charge >= 0.3 is 0 Å². The molecular weight excluding hydrogens is 218 g/mol. The lowest BCUT2D eigenvalue weighted by atomic mass is 10.1. The molecule has 0 aliphatic carbocycles. The van der Waals surface area contributed by atoms with Gasteiger partial charge in [-0.25, -0.2) is 0 Å². The molecule has 3 N–H and O–H groups in total. The van der Waals surface area contributed by atoms with E-state index in [9.17, 15) is 9.59 Å². The molecule has 1 aromatic rings. The quantitative estimate of drug-likeness (QED) is 0.747. The van der Waals surface area contributed by atoms with Crippen LogP contribution in [-0.4, -0.2) is 24.9 Å². The third-order valence-corrected chi connectivity index (χ3v) is 2.84. The Kier molecular flexibility index (Phi) is 3.10. The molecule has 0 aromatic heterocycles. The van der Waals surface area contributed by atoms with Gasteiger partial charge in [-0.15, -0.1) is 0 Å². The molecule has 0 atom stereocenters. The number of fused-ring (bicyclic) bond motifs is 1. The van der Waals surface area contributed by atoms with Crippen molar-refractivity contribution in [1.29, 1.82) is 0 Å². The zero-order valence-corrected chi connectivity index (χ0v) is 9.69. The van der Waals surface area contributed by atoms with Crippen molar-refractivity contribution in [3.05, 3.63) is 23.8 Å². The molecule has 1 aromatic carbocycles. The van der Waals surface area contributed by atoms with Gasteiger partial charge in [-0.3, -0.25) is 9.59 Å². The van der Waals surface area contributed by atoms with E-state index in [4.69, 9.17) is 5.73 Å². The first-order valence-corrected chi connectivity index (χ1v) is 5.53. The summed E-state index contributed by atoms with van der Waals surface area (Å²) in [4.78, 5) is 24.9. The molecule has 0 saturated heterocycles. The number of para-hydroxylation sites is 1. The zero-order chi connectivity index (χ0) is 12.4. The number of nitrogens with two attached hydrogens (primary N) is 1. The van der Waals surface area contributed by atoms with Gasteiger partial charge in [-0.2, -0.15) is 0 Å². The van der Waals surface area contributed by atoms with Gasteiger partial charge in [0.05, 0.1) is 17.9 Å². The van der Waals surface area contributed by atoms with E-state index in [2.05, 4.69) is 5.32 Å². The number of nitrogens with one attached hydrogen (secondary N) is 1. The Labute approximate surface area is 99.6 Å². The second-order valence-electron chi connectivity index (χ2n) is 4.02. The summed E-state index contributed by atoms with van der Waals surface area (Å²) >= 11 is 0. The standard InChI is InChI=1S/C12H15N3O2/c1-8-3-2-4-9-12(8)14-10(16)5-6-15(9)11(17)7-13/h2-4H,5-7,13H2,1H3,(H,14,16). The molecule has 0 radical (unpaired) electrons. The van der Waals surface area contributed by atoms with Crippen molar-refractivity contribution < 1.29 is 9.59 Å². The monoisotopic (exact) mass is 233 g/mol. The third-order valence-electron chi connectivity index (χ3n) is 2.84. The number of hydrogen-bond acceptors (Lipinski definition) is 3. The second-order valence-corrected chi connectivity index (χ2v) is 4.02. The van der Waals surface area contributed by atoms with Gasteiger partial charge in [0.2, 0.25) is 11.8 Å². The van der Waals surface area contributed by atoms with E-state index < -0.39 is 0 Å². The predicted molar refractivity (Wildman–Crippen MR) is 65.8 cm³/mol. The number of carbonyl (C=O) groups excluding carboxylic acids is 2. The SMILES string of the molecule is Cc1cccc2c1NC(=O)CCN2C(=O)CN. The summed E-state index contributed by atoms with van der Waals surface area (Å²) in [5.41, 5.74) is 7.76. The molecular formula is C12H15N3O2. The van der Waals surface area contributed by atoms with Crippen molar-refractivity contribution >= 4 is 23.2 Å². The molecule has 0 saturated carbocycles. The number of aryl methyl sites for hydroxylation is 1. The van der Waals surface area contributed by atoms with Crippen LogP contribution in [0.5, 0.6) is 0 Å². The van der Waals surface area contributed by atoms with Crippen molar-refractivity contribution in [2.45, 2.75) is 13.3 Å². The average molecular weight is 233 g/mol. The second kappa shape index (κ2) is 4.55. The van der Waals surface area contributed by atoms with Gasteiger partial charge in [0.25, 0.3) is 0 Å². The van der Waals surface area contributed by atoms with Crippen molar-refractivity contribution in [2.24, 2.45) is 5.73 Å². The summed E-state index contributed by atoms with van der Waals surface area (Å²) < 4.78 is 0. The predicted octanol–water partition coefficient (Wildman–Crippen LogP) is 0.629. The van der Waals surface area contributed by atoms with Crippen molar-refractivity contribution in [1.82, 2.24) is 0 Å². The van der Waals surface area contributed by atoms with Gasteiger partial charge in [-0.1, -0.05) is 12.1 Å². The Bertz CT molecular complexity index is 471. The molecule has 17 heavy (non-hydrogen) atoms. The van der Waals surface area contributed by atoms with E-state index in [1.54, 1.807) is 4.90 Å². The van der Waals surface area contributed by atoms with Crippen LogP contribution < -0.4 is 16.0 Å². The molecule has 0 bridgehead atoms. The number of hydrogen-bond donors (Lipinski definition) is 2. The van der Waals surface area contributed by atoms with Crippen LogP contribution >= 0.6 is 0 Å². The number of benzene rings is 1. The maximum atomic E-state index is 11.8. The Hall–Kier alpha value is -1.88. The van der Waals surface area contributed by atoms with Crippen LogP contribution in [0.15, 0.2) is 18.2 Å². The summed E-state index contributed by atoms with van der Waals surface area (Å²) in [6, 6.07) is 5.58. The van der Waals surface area contributed by atoms with Gasteiger partial charge in [0.1, 0.15) is 0 Å². The van der Waals surface area contributed by atoms with Gasteiger partial charge in [-0.05, 0) is 18.6 Å². The number of nitrogens with zero attached hydrogens (tertiary/aromatic N) is 1. The highest BCUT2D eigenvalue weighted by atomic mass is 16.2. The van der Waals surface area contributed by atoms with Gasteiger partial charge in [0, 0.05) is 13.0 Å². The Morgan fingerprint density at radius 3 is 3.00 bits per heavy atom. The maximum Gasteiger partial charge on any atom is 0.240 e. The van der Waals surface area contributed by atoms with E-state index in [0.29, 0.717) is 18.7 Å². The van der Waals surface area contributed by atoms with Crippen molar-refractivity contribution in [3.63, 3.8) is 0 Å². The maximum absolute atomic E-state index is 11.8. The summed E-state index contributed by atoms with van der Waals surface area (Å²) in [5.74, 6) is -0.249. The highest BCUT2D eigenvalue weighted by Crippen LogP contribution is 2.31. The molecule has 0 spiro atoms. The first kappa shape index (κ1) is 11.6. The largest absolute Gasteiger partial charge is 0.324 e. The molecule has 0 unspecified atom stereocenters. The number of anilines is 2. The van der Waals surface area contributed by atoms with Crippen LogP contribution in [0.4, 0.5) is 11.4 Å². The van der Waals surface area contributed by atoms with E-state index >= 15 is 0 Å². The molecule has 1 aliphatic heterocycles. The Morgan fingerprint density at radius 1 is 1.53 bits per heavy atom. The van der Waals surface area contributed by atoms with E-state index in [0.717, 1.165) is 11.3 Å². The lowest BCUT2D eigenvalue weighted by molar-refractivity contribution is -0.117. The fourth-order valence-corrected chi connectivity index (χ4v) is 1.94. The molecule has 2 amide bonds. The zero-order valence-electron chi connectivity index (χ0n) is 9.69. The van der Waals surface area contributed by atoms with Crippen LogP contribution in [0.2, 0.25) is 0 Å². The third kappa shape index (κ3) is 2.14. The minimum absolute atomic E-state index is 0.0540. The fraction of sp³-hybridized carbons (Fsp3) is 0.333. The average Bonchev–Trinajstić information content (AvgIpc) is 2.48. The lowest BCUT2D eigenvalue weighted by Gasteiger charge is -2.22. The summed E-state index contributed by atoms with van der Waals surface area (Å²) in [6.07, 6.45) is 0.292. The smallest absolute Gasteiger partial charge is 0.240 e. The molecule has 5 nitrogen and oxygen atoms in total. The van der Waals surface area contributed by atoms with E-state index in [-0.39, 0.29) is 18.4 Å². The lowest BCUT2D eigenvalue weighted by Crippen LogP contribution is -2.36. The molecule has 0 fully saturated rings. The number of carbonyl (C=O) groups is 2. The highest BCUT2D eigenvalue weighted by molar-refractivity contribution is 6.04. The summed E-state index contributed by atoms with van der Waals surface area (Å²) in [6.45, 7) is 2.22. The Balaban J connectivity index is 2.50. The van der Waals surface area contributed by atoms with E-state index in [1.165, 1.54) is 0 Å². The number of rotatable bonds is 1. The molecule has 90 valence electrons. The van der Waals surface area contributed by atoms with E-state index in [1.807, 2.05) is 25.1 Å². The fourth-order valence-electron chi connectivity index (χ4n) is 1.94. The van der Waals surface area contributed by atoms with Crippen LogP contribution in [0.25, 0.3) is 0 Å². The summed E-state index contributed by atoms with van der Waals surface area (Å²) in [7, 11) is 0. The van der Waals surface area contributed by atoms with Crippen LogP contribution in [0, 0.1) is 6.92 Å². The first-order chi connectivity index (χ1) is 8.13. The molecule has 5 heteroatoms. The molecule has 2 rings (SSSR count). The minimum atomic E-state index is -0.173. The van der Waals surface area contributed by atoms with Crippen molar-refractivity contribution in [2.75, 3.05) is 23.3 Å². The van der Waals surface area contributed by atoms with Crippen LogP contribution in [0.3, 0.4) is 0 Å². The first-order valence-electron chi connectivity index (χ1n) is 5.53. The summed E-state index contributed by atoms with van der Waals surface area (Å²) in [5, 5.41) is 2.83. The van der Waals surface area contributed by atoms with Gasteiger partial charge < -0.3 is 16.0 Å². The van der Waals surface area contributed by atoms with Crippen molar-refractivity contribution in [3.8, 4) is 0 Å². The minimum Gasteiger partial charge on any atom is -0.324 e. The molecule has 1 aliphatic rings. The topological polar surface area (TPSA) is 75.4 Å². The number of amides is 2. The van der Waals surface area contributed by atoms with Crippen LogP contribution in [0.1, 0.15) is 12.0 Å².